The number of imidazole rings is 1. The zero-order valence-electron chi connectivity index (χ0n) is 15.1. The van der Waals surface area contributed by atoms with Crippen LogP contribution in [0, 0.1) is 0 Å². The van der Waals surface area contributed by atoms with E-state index < -0.39 is 5.91 Å². The molecule has 8 heteroatoms. The minimum Gasteiger partial charge on any atom is -0.342 e. The molecule has 1 aliphatic rings. The van der Waals surface area contributed by atoms with Gasteiger partial charge in [0.15, 0.2) is 0 Å². The second-order valence-electron chi connectivity index (χ2n) is 6.58. The van der Waals surface area contributed by atoms with Crippen molar-refractivity contribution in [1.29, 1.82) is 0 Å². The van der Waals surface area contributed by atoms with Crippen LogP contribution in [0.4, 0.5) is 5.69 Å². The van der Waals surface area contributed by atoms with E-state index in [-0.39, 0.29) is 18.2 Å². The molecule has 0 radical (unpaired) electrons. The van der Waals surface area contributed by atoms with Crippen LogP contribution in [0.3, 0.4) is 0 Å². The van der Waals surface area contributed by atoms with Crippen molar-refractivity contribution >= 4 is 34.4 Å². The summed E-state index contributed by atoms with van der Waals surface area (Å²) < 4.78 is 0. The van der Waals surface area contributed by atoms with Gasteiger partial charge >= 0.3 is 0 Å². The fourth-order valence-electron chi connectivity index (χ4n) is 3.20. The lowest BCUT2D eigenvalue weighted by Gasteiger charge is -2.15. The molecule has 0 spiro atoms. The first kappa shape index (κ1) is 17.7. The second-order valence-corrected chi connectivity index (χ2v) is 6.58. The zero-order chi connectivity index (χ0) is 19.5. The number of rotatable bonds is 4. The Balaban J connectivity index is 1.32. The number of amides is 3. The van der Waals surface area contributed by atoms with Crippen molar-refractivity contribution in [3.8, 4) is 0 Å². The Kier molecular flexibility index (Phi) is 4.76. The summed E-state index contributed by atoms with van der Waals surface area (Å²) in [6.07, 6.45) is 1.42. The van der Waals surface area contributed by atoms with Crippen LogP contribution in [0.2, 0.25) is 0 Å². The second kappa shape index (κ2) is 7.51. The Morgan fingerprint density at radius 3 is 2.57 bits per heavy atom. The average Bonchev–Trinajstić information content (AvgIpc) is 3.31. The number of carbonyl (C=O) groups excluding carboxylic acids is 3. The summed E-state index contributed by atoms with van der Waals surface area (Å²) in [4.78, 5) is 45.1. The molecule has 0 unspecified atom stereocenters. The summed E-state index contributed by atoms with van der Waals surface area (Å²) >= 11 is 0. The molecular formula is C20H19N5O3. The number of hydrazine groups is 1. The molecular weight excluding hydrogens is 358 g/mol. The molecule has 1 fully saturated rings. The van der Waals surface area contributed by atoms with E-state index in [1.807, 2.05) is 24.3 Å². The molecule has 3 amide bonds. The van der Waals surface area contributed by atoms with E-state index in [1.54, 1.807) is 29.2 Å². The zero-order valence-corrected chi connectivity index (χ0v) is 15.1. The highest BCUT2D eigenvalue weighted by Crippen LogP contribution is 2.21. The summed E-state index contributed by atoms with van der Waals surface area (Å²) in [5.74, 6) is -0.202. The van der Waals surface area contributed by atoms with Crippen LogP contribution in [0.15, 0.2) is 48.5 Å². The van der Waals surface area contributed by atoms with Crippen LogP contribution in [0.5, 0.6) is 0 Å². The van der Waals surface area contributed by atoms with Gasteiger partial charge < -0.3 is 9.88 Å². The van der Waals surface area contributed by atoms with Crippen molar-refractivity contribution in [2.75, 3.05) is 11.4 Å². The van der Waals surface area contributed by atoms with Gasteiger partial charge in [0.05, 0.1) is 17.5 Å². The number of aromatic nitrogens is 2. The standard InChI is InChI=1S/C20H19N5O3/c26-18(12-17-21-15-4-1-2-5-16(15)22-17)23-24-20(28)13-7-9-14(10-8-13)25-11-3-6-19(25)27/h1-2,4-5,7-10H,3,6,11-12H2,(H,21,22)(H,23,26)(H,24,28). The largest absolute Gasteiger partial charge is 0.342 e. The van der Waals surface area contributed by atoms with Crippen LogP contribution in [0.25, 0.3) is 11.0 Å². The number of aromatic amines is 1. The van der Waals surface area contributed by atoms with Crippen LogP contribution in [-0.4, -0.2) is 34.2 Å². The Morgan fingerprint density at radius 1 is 1.07 bits per heavy atom. The Hall–Kier alpha value is -3.68. The van der Waals surface area contributed by atoms with Gasteiger partial charge in [0.1, 0.15) is 5.82 Å². The maximum absolute atomic E-state index is 12.2. The first-order chi connectivity index (χ1) is 13.6. The van der Waals surface area contributed by atoms with Gasteiger partial charge in [-0.15, -0.1) is 0 Å². The van der Waals surface area contributed by atoms with Gasteiger partial charge in [0.25, 0.3) is 5.91 Å². The van der Waals surface area contributed by atoms with Gasteiger partial charge in [-0.2, -0.15) is 0 Å². The van der Waals surface area contributed by atoms with Gasteiger partial charge in [-0.05, 0) is 42.8 Å². The van der Waals surface area contributed by atoms with Crippen molar-refractivity contribution in [2.24, 2.45) is 0 Å². The third-order valence-electron chi connectivity index (χ3n) is 4.60. The predicted molar refractivity (Wildman–Crippen MR) is 103 cm³/mol. The third kappa shape index (κ3) is 3.71. The molecule has 2 heterocycles. The average molecular weight is 377 g/mol. The number of H-pyrrole nitrogens is 1. The lowest BCUT2D eigenvalue weighted by Crippen LogP contribution is -2.42. The Bertz CT molecular complexity index is 1010. The first-order valence-electron chi connectivity index (χ1n) is 9.03. The van der Waals surface area contributed by atoms with Crippen LogP contribution < -0.4 is 15.8 Å². The minimum atomic E-state index is -0.433. The normalized spacial score (nSPS) is 13.7. The number of carbonyl (C=O) groups is 3. The van der Waals surface area contributed by atoms with Gasteiger partial charge in [-0.25, -0.2) is 4.98 Å². The number of hydrogen-bond acceptors (Lipinski definition) is 4. The molecule has 1 aliphatic heterocycles. The van der Waals surface area contributed by atoms with E-state index in [0.29, 0.717) is 24.4 Å². The van der Waals surface area contributed by atoms with E-state index >= 15 is 0 Å². The summed E-state index contributed by atoms with van der Waals surface area (Å²) in [5, 5.41) is 0. The van der Waals surface area contributed by atoms with Gasteiger partial charge in [0.2, 0.25) is 11.8 Å². The van der Waals surface area contributed by atoms with Crippen LogP contribution >= 0.6 is 0 Å². The number of anilines is 1. The van der Waals surface area contributed by atoms with Crippen molar-refractivity contribution < 1.29 is 14.4 Å². The summed E-state index contributed by atoms with van der Waals surface area (Å²) in [5.41, 5.74) is 7.57. The molecule has 4 rings (SSSR count). The maximum atomic E-state index is 12.2. The summed E-state index contributed by atoms with van der Waals surface area (Å²) in [6.45, 7) is 0.697. The highest BCUT2D eigenvalue weighted by atomic mass is 16.2. The van der Waals surface area contributed by atoms with Crippen LogP contribution in [0.1, 0.15) is 29.0 Å². The molecule has 2 aromatic carbocycles. The van der Waals surface area contributed by atoms with Crippen molar-refractivity contribution in [2.45, 2.75) is 19.3 Å². The van der Waals surface area contributed by atoms with Crippen molar-refractivity contribution in [1.82, 2.24) is 20.8 Å². The number of fused-ring (bicyclic) bond motifs is 1. The SMILES string of the molecule is O=C(Cc1nc2ccccc2[nH]1)NNC(=O)c1ccc(N2CCCC2=O)cc1. The fraction of sp³-hybridized carbons (Fsp3) is 0.200. The van der Waals surface area contributed by atoms with Gasteiger partial charge in [0, 0.05) is 24.2 Å². The highest BCUT2D eigenvalue weighted by Gasteiger charge is 2.21. The molecule has 28 heavy (non-hydrogen) atoms. The number of hydrogen-bond donors (Lipinski definition) is 3. The quantitative estimate of drug-likeness (QED) is 0.602. The predicted octanol–water partition coefficient (Wildman–Crippen LogP) is 1.69. The van der Waals surface area contributed by atoms with E-state index in [1.165, 1.54) is 0 Å². The molecule has 0 aliphatic carbocycles. The minimum absolute atomic E-state index is 0.0188. The fourth-order valence-corrected chi connectivity index (χ4v) is 3.20. The van der Waals surface area contributed by atoms with E-state index in [4.69, 9.17) is 0 Å². The molecule has 142 valence electrons. The molecule has 1 saturated heterocycles. The molecule has 8 nitrogen and oxygen atoms in total. The number of nitrogens with zero attached hydrogens (tertiary/aromatic N) is 2. The lowest BCUT2D eigenvalue weighted by molar-refractivity contribution is -0.121. The van der Waals surface area contributed by atoms with Crippen molar-refractivity contribution in [3.63, 3.8) is 0 Å². The van der Waals surface area contributed by atoms with Crippen molar-refractivity contribution in [3.05, 3.63) is 59.9 Å². The van der Waals surface area contributed by atoms with Gasteiger partial charge in [-0.1, -0.05) is 12.1 Å². The number of para-hydroxylation sites is 2. The number of benzene rings is 2. The Labute approximate surface area is 160 Å². The van der Waals surface area contributed by atoms with Crippen LogP contribution in [-0.2, 0) is 16.0 Å². The Morgan fingerprint density at radius 2 is 1.86 bits per heavy atom. The van der Waals surface area contributed by atoms with E-state index in [0.717, 1.165) is 23.1 Å². The summed E-state index contributed by atoms with van der Waals surface area (Å²) in [6, 6.07) is 14.2. The molecule has 1 aromatic heterocycles. The topological polar surface area (TPSA) is 107 Å². The molecule has 0 saturated carbocycles. The molecule has 0 bridgehead atoms. The number of nitrogens with one attached hydrogen (secondary N) is 3. The third-order valence-corrected chi connectivity index (χ3v) is 4.60. The monoisotopic (exact) mass is 377 g/mol. The maximum Gasteiger partial charge on any atom is 0.269 e. The molecule has 3 aromatic rings. The van der Waals surface area contributed by atoms with E-state index in [2.05, 4.69) is 20.8 Å². The lowest BCUT2D eigenvalue weighted by atomic mass is 10.2. The molecule has 0 atom stereocenters. The van der Waals surface area contributed by atoms with Gasteiger partial charge in [-0.3, -0.25) is 25.2 Å². The molecule has 3 N–H and O–H groups in total. The smallest absolute Gasteiger partial charge is 0.269 e. The highest BCUT2D eigenvalue weighted by molar-refractivity contribution is 5.98. The van der Waals surface area contributed by atoms with E-state index in [9.17, 15) is 14.4 Å². The summed E-state index contributed by atoms with van der Waals surface area (Å²) in [7, 11) is 0. The first-order valence-corrected chi connectivity index (χ1v) is 9.03.